The van der Waals surface area contributed by atoms with Gasteiger partial charge < -0.3 is 4.55 Å². The van der Waals surface area contributed by atoms with Crippen molar-refractivity contribution in [2.75, 3.05) is 12.4 Å². The molecule has 0 atom stereocenters. The van der Waals surface area contributed by atoms with Gasteiger partial charge in [0, 0.05) is 5.75 Å². The second-order valence-corrected chi connectivity index (χ2v) is 3.54. The maximum atomic E-state index is 11.4. The van der Waals surface area contributed by atoms with E-state index in [0.29, 0.717) is 12.8 Å². The minimum Gasteiger partial charge on any atom is -0.748 e. The summed E-state index contributed by atoms with van der Waals surface area (Å²) in [5.74, 6) is -0.368. The van der Waals surface area contributed by atoms with Crippen LogP contribution in [0.25, 0.3) is 0 Å². The molecule has 0 spiro atoms. The Labute approximate surface area is 109 Å². The van der Waals surface area contributed by atoms with E-state index < -0.39 is 16.8 Å². The third-order valence-electron chi connectivity index (χ3n) is 1.03. The van der Waals surface area contributed by atoms with E-state index in [2.05, 4.69) is 0 Å². The van der Waals surface area contributed by atoms with Crippen LogP contribution in [0.4, 0.5) is 4.39 Å². The number of hydrogen-bond acceptors (Lipinski definition) is 3. The second-order valence-electron chi connectivity index (χ2n) is 2.01. The Morgan fingerprint density at radius 3 is 2.09 bits per heavy atom. The first-order valence-corrected chi connectivity index (χ1v) is 4.63. The number of rotatable bonds is 5. The summed E-state index contributed by atoms with van der Waals surface area (Å²) in [5.41, 5.74) is 0. The van der Waals surface area contributed by atoms with Gasteiger partial charge in [-0.3, -0.25) is 4.39 Å². The van der Waals surface area contributed by atoms with E-state index in [4.69, 9.17) is 0 Å². The maximum absolute atomic E-state index is 11.4. The molecule has 0 aliphatic carbocycles. The van der Waals surface area contributed by atoms with E-state index >= 15 is 0 Å². The molecule has 0 saturated heterocycles. The van der Waals surface area contributed by atoms with Gasteiger partial charge in [0.15, 0.2) is 0 Å². The monoisotopic (exact) mass is 208 g/mol. The predicted molar refractivity (Wildman–Crippen MR) is 34.4 cm³/mol. The Morgan fingerprint density at radius 1 is 1.18 bits per heavy atom. The van der Waals surface area contributed by atoms with Gasteiger partial charge in [-0.15, -0.1) is 0 Å². The standard InChI is InChI=1S/C5H11FO3S.K/c6-4-2-1-3-5-10(7,8)9;/h1-5H2,(H,7,8,9);/q;+1/p-1. The van der Waals surface area contributed by atoms with Crippen LogP contribution in [0.15, 0.2) is 0 Å². The fraction of sp³-hybridized carbons (Fsp3) is 1.00. The Morgan fingerprint density at radius 2 is 1.73 bits per heavy atom. The summed E-state index contributed by atoms with van der Waals surface area (Å²) in [7, 11) is -4.08. The summed E-state index contributed by atoms with van der Waals surface area (Å²) in [6, 6.07) is 0. The quantitative estimate of drug-likeness (QED) is 0.289. The molecule has 62 valence electrons. The molecule has 0 aliphatic rings. The van der Waals surface area contributed by atoms with Gasteiger partial charge in [0.25, 0.3) is 0 Å². The van der Waals surface area contributed by atoms with Crippen LogP contribution in [0.5, 0.6) is 0 Å². The molecular formula is C5H10FKO3S. The van der Waals surface area contributed by atoms with Crippen LogP contribution >= 0.6 is 0 Å². The molecule has 0 rings (SSSR count). The fourth-order valence-electron chi connectivity index (χ4n) is 0.550. The summed E-state index contributed by atoms with van der Waals surface area (Å²) in [6.45, 7) is -0.446. The molecule has 0 radical (unpaired) electrons. The molecule has 0 aromatic heterocycles. The van der Waals surface area contributed by atoms with E-state index in [-0.39, 0.29) is 63.6 Å². The van der Waals surface area contributed by atoms with Crippen LogP contribution in [0, 0.1) is 0 Å². The Kier molecular flexibility index (Phi) is 11.0. The normalized spacial score (nSPS) is 10.7. The summed E-state index contributed by atoms with van der Waals surface area (Å²) < 4.78 is 41.2. The molecular weight excluding hydrogens is 198 g/mol. The fourth-order valence-corrected chi connectivity index (χ4v) is 1.11. The van der Waals surface area contributed by atoms with Crippen molar-refractivity contribution in [2.45, 2.75) is 19.3 Å². The molecule has 0 unspecified atom stereocenters. The third kappa shape index (κ3) is 14.3. The van der Waals surface area contributed by atoms with Crippen molar-refractivity contribution in [1.29, 1.82) is 0 Å². The van der Waals surface area contributed by atoms with Crippen LogP contribution in [0.2, 0.25) is 0 Å². The molecule has 0 N–H and O–H groups in total. The van der Waals surface area contributed by atoms with E-state index in [1.54, 1.807) is 0 Å². The number of hydrogen-bond donors (Lipinski definition) is 0. The molecule has 0 fully saturated rings. The number of halogens is 1. The molecule has 6 heteroatoms. The largest absolute Gasteiger partial charge is 1.00 e. The van der Waals surface area contributed by atoms with Crippen LogP contribution in [0.1, 0.15) is 19.3 Å². The van der Waals surface area contributed by atoms with E-state index in [0.717, 1.165) is 0 Å². The number of unbranched alkanes of at least 4 members (excludes halogenated alkanes) is 2. The van der Waals surface area contributed by atoms with Crippen molar-refractivity contribution in [2.24, 2.45) is 0 Å². The van der Waals surface area contributed by atoms with Crippen LogP contribution < -0.4 is 51.4 Å². The second kappa shape index (κ2) is 8.09. The summed E-state index contributed by atoms with van der Waals surface area (Å²) in [6.07, 6.45) is 1.09. The number of alkyl halides is 1. The first kappa shape index (κ1) is 15.0. The molecule has 0 aromatic rings. The zero-order chi connectivity index (χ0) is 8.04. The van der Waals surface area contributed by atoms with Crippen molar-refractivity contribution in [3.05, 3.63) is 0 Å². The molecule has 0 bridgehead atoms. The molecule has 0 aromatic carbocycles. The molecule has 0 heterocycles. The van der Waals surface area contributed by atoms with Crippen molar-refractivity contribution >= 4 is 10.1 Å². The topological polar surface area (TPSA) is 57.2 Å². The van der Waals surface area contributed by atoms with Gasteiger partial charge >= 0.3 is 51.4 Å². The van der Waals surface area contributed by atoms with Crippen molar-refractivity contribution in [3.63, 3.8) is 0 Å². The van der Waals surface area contributed by atoms with Gasteiger partial charge in [0.1, 0.15) is 0 Å². The van der Waals surface area contributed by atoms with Gasteiger partial charge in [-0.05, 0) is 19.3 Å². The summed E-state index contributed by atoms with van der Waals surface area (Å²) >= 11 is 0. The first-order chi connectivity index (χ1) is 4.56. The Balaban J connectivity index is 0. The molecule has 3 nitrogen and oxygen atoms in total. The first-order valence-electron chi connectivity index (χ1n) is 3.06. The average Bonchev–Trinajstić information content (AvgIpc) is 1.78. The summed E-state index contributed by atoms with van der Waals surface area (Å²) in [5, 5.41) is 0. The van der Waals surface area contributed by atoms with E-state index in [9.17, 15) is 17.4 Å². The van der Waals surface area contributed by atoms with Crippen LogP contribution in [0.3, 0.4) is 0 Å². The smallest absolute Gasteiger partial charge is 0.748 e. The van der Waals surface area contributed by atoms with Gasteiger partial charge in [-0.2, -0.15) is 0 Å². The van der Waals surface area contributed by atoms with Crippen molar-refractivity contribution in [1.82, 2.24) is 0 Å². The van der Waals surface area contributed by atoms with Gasteiger partial charge in [-0.1, -0.05) is 0 Å². The minimum atomic E-state index is -4.08. The van der Waals surface area contributed by atoms with E-state index in [1.165, 1.54) is 0 Å². The molecule has 0 aliphatic heterocycles. The average molecular weight is 208 g/mol. The minimum absolute atomic E-state index is 0. The van der Waals surface area contributed by atoms with E-state index in [1.807, 2.05) is 0 Å². The zero-order valence-electron chi connectivity index (χ0n) is 6.55. The molecule has 0 amide bonds. The van der Waals surface area contributed by atoms with Crippen LogP contribution in [-0.2, 0) is 10.1 Å². The molecule has 11 heavy (non-hydrogen) atoms. The van der Waals surface area contributed by atoms with Gasteiger partial charge in [0.2, 0.25) is 0 Å². The van der Waals surface area contributed by atoms with Gasteiger partial charge in [0.05, 0.1) is 16.8 Å². The van der Waals surface area contributed by atoms with Crippen molar-refractivity contribution < 1.29 is 68.7 Å². The zero-order valence-corrected chi connectivity index (χ0v) is 10.5. The molecule has 0 saturated carbocycles. The predicted octanol–water partition coefficient (Wildman–Crippen LogP) is -2.32. The van der Waals surface area contributed by atoms with Crippen LogP contribution in [-0.4, -0.2) is 25.4 Å². The van der Waals surface area contributed by atoms with Crippen molar-refractivity contribution in [3.8, 4) is 0 Å². The third-order valence-corrected chi connectivity index (χ3v) is 1.82. The van der Waals surface area contributed by atoms with Gasteiger partial charge in [-0.25, -0.2) is 8.42 Å². The maximum Gasteiger partial charge on any atom is 1.00 e. The Hall–Kier alpha value is 1.48. The summed E-state index contributed by atoms with van der Waals surface area (Å²) in [4.78, 5) is 0. The Bertz CT molecular complexity index is 169. The SMILES string of the molecule is O=S(=O)([O-])CCCCCF.[K+].